The van der Waals surface area contributed by atoms with Gasteiger partial charge in [0.15, 0.2) is 5.78 Å². The second kappa shape index (κ2) is 5.71. The number of fused-ring (bicyclic) bond motifs is 1. The van der Waals surface area contributed by atoms with Gasteiger partial charge >= 0.3 is 0 Å². The van der Waals surface area contributed by atoms with Gasteiger partial charge in [0.25, 0.3) is 0 Å². The number of hydrogen-bond donors (Lipinski definition) is 0. The van der Waals surface area contributed by atoms with Crippen LogP contribution in [0.2, 0.25) is 0 Å². The maximum absolute atomic E-state index is 13.0. The van der Waals surface area contributed by atoms with E-state index in [-0.39, 0.29) is 5.78 Å². The van der Waals surface area contributed by atoms with Crippen molar-refractivity contribution in [3.63, 3.8) is 0 Å². The van der Waals surface area contributed by atoms with Gasteiger partial charge in [0, 0.05) is 17.1 Å². The largest absolute Gasteiger partial charge is 0.292 e. The van der Waals surface area contributed by atoms with E-state index in [1.54, 1.807) is 6.20 Å². The van der Waals surface area contributed by atoms with Crippen LogP contribution < -0.4 is 0 Å². The molecule has 1 heterocycles. The molecule has 3 nitrogen and oxygen atoms in total. The van der Waals surface area contributed by atoms with E-state index in [0.717, 1.165) is 24.0 Å². The molecule has 0 N–H and O–H groups in total. The Morgan fingerprint density at radius 1 is 1.15 bits per heavy atom. The first-order valence-electron chi connectivity index (χ1n) is 7.16. The van der Waals surface area contributed by atoms with Crippen LogP contribution in [0, 0.1) is 0 Å². The van der Waals surface area contributed by atoms with Gasteiger partial charge in [-0.3, -0.25) is 14.7 Å². The highest BCUT2D eigenvalue weighted by Gasteiger charge is 2.34. The number of likely N-dealkylation sites (N-methyl/N-ethyl adjacent to an activating group) is 1. The fourth-order valence-electron chi connectivity index (χ4n) is 2.77. The first kappa shape index (κ1) is 14.7. The number of hydrogen-bond acceptors (Lipinski definition) is 3. The van der Waals surface area contributed by atoms with Crippen molar-refractivity contribution in [2.75, 3.05) is 13.1 Å². The molecule has 3 heteroatoms. The summed E-state index contributed by atoms with van der Waals surface area (Å²) >= 11 is 0. The van der Waals surface area contributed by atoms with Gasteiger partial charge in [-0.05, 0) is 39.1 Å². The van der Waals surface area contributed by atoms with Gasteiger partial charge in [0.1, 0.15) is 0 Å². The van der Waals surface area contributed by atoms with Crippen LogP contribution in [0.5, 0.6) is 0 Å². The lowest BCUT2D eigenvalue weighted by atomic mass is 9.90. The van der Waals surface area contributed by atoms with Crippen molar-refractivity contribution in [2.45, 2.75) is 33.2 Å². The minimum absolute atomic E-state index is 0.130. The van der Waals surface area contributed by atoms with Crippen LogP contribution in [0.1, 0.15) is 38.1 Å². The molecule has 0 aliphatic carbocycles. The Balaban J connectivity index is 2.51. The van der Waals surface area contributed by atoms with Crippen molar-refractivity contribution in [1.82, 2.24) is 9.88 Å². The summed E-state index contributed by atoms with van der Waals surface area (Å²) in [6.07, 6.45) is 1.74. The standard InChI is InChI=1S/C17H22N2O/c1-5-19(6-2)17(3,4)16(20)14-11-7-9-13-10-8-12-18-15(13)14/h7-12H,5-6H2,1-4H3. The van der Waals surface area contributed by atoms with Crippen LogP contribution in [-0.2, 0) is 0 Å². The Hall–Kier alpha value is -1.74. The maximum Gasteiger partial charge on any atom is 0.184 e. The van der Waals surface area contributed by atoms with E-state index in [0.29, 0.717) is 5.56 Å². The van der Waals surface area contributed by atoms with Gasteiger partial charge in [-0.1, -0.05) is 32.0 Å². The number of pyridine rings is 1. The molecular formula is C17H22N2O. The summed E-state index contributed by atoms with van der Waals surface area (Å²) in [5.41, 5.74) is 0.982. The number of carbonyl (C=O) groups excluding carboxylic acids is 1. The van der Waals surface area contributed by atoms with Gasteiger partial charge in [0.05, 0.1) is 11.1 Å². The molecule has 0 bridgehead atoms. The minimum Gasteiger partial charge on any atom is -0.292 e. The van der Waals surface area contributed by atoms with E-state index in [4.69, 9.17) is 0 Å². The SMILES string of the molecule is CCN(CC)C(C)(C)C(=O)c1cccc2cccnc12. The first-order valence-corrected chi connectivity index (χ1v) is 7.16. The minimum atomic E-state index is -0.519. The van der Waals surface area contributed by atoms with Crippen LogP contribution in [0.25, 0.3) is 10.9 Å². The molecule has 20 heavy (non-hydrogen) atoms. The number of carbonyl (C=O) groups is 1. The molecule has 0 amide bonds. The van der Waals surface area contributed by atoms with Gasteiger partial charge in [0.2, 0.25) is 0 Å². The van der Waals surface area contributed by atoms with Crippen LogP contribution in [0.3, 0.4) is 0 Å². The molecule has 0 spiro atoms. The quantitative estimate of drug-likeness (QED) is 0.779. The van der Waals surface area contributed by atoms with Crippen molar-refractivity contribution < 1.29 is 4.79 Å². The van der Waals surface area contributed by atoms with Crippen molar-refractivity contribution in [3.8, 4) is 0 Å². The van der Waals surface area contributed by atoms with Gasteiger partial charge in [-0.25, -0.2) is 0 Å². The number of aromatic nitrogens is 1. The average Bonchev–Trinajstić information content (AvgIpc) is 2.47. The fourth-order valence-corrected chi connectivity index (χ4v) is 2.77. The molecule has 0 aliphatic heterocycles. The summed E-state index contributed by atoms with van der Waals surface area (Å²) in [5, 5.41) is 1.01. The zero-order chi connectivity index (χ0) is 14.8. The number of nitrogens with zero attached hydrogens (tertiary/aromatic N) is 2. The zero-order valence-electron chi connectivity index (χ0n) is 12.7. The van der Waals surface area contributed by atoms with Crippen LogP contribution in [-0.4, -0.2) is 34.3 Å². The molecule has 106 valence electrons. The summed E-state index contributed by atoms with van der Waals surface area (Å²) in [6.45, 7) is 9.86. The average molecular weight is 270 g/mol. The van der Waals surface area contributed by atoms with Crippen LogP contribution in [0.4, 0.5) is 0 Å². The molecule has 0 unspecified atom stereocenters. The summed E-state index contributed by atoms with van der Waals surface area (Å²) < 4.78 is 0. The van der Waals surface area contributed by atoms with E-state index < -0.39 is 5.54 Å². The Labute approximate surface area is 120 Å². The third kappa shape index (κ3) is 2.46. The van der Waals surface area contributed by atoms with Crippen molar-refractivity contribution >= 4 is 16.7 Å². The van der Waals surface area contributed by atoms with Gasteiger partial charge in [-0.2, -0.15) is 0 Å². The summed E-state index contributed by atoms with van der Waals surface area (Å²) in [5.74, 6) is 0.130. The lowest BCUT2D eigenvalue weighted by Gasteiger charge is -2.35. The molecule has 0 saturated heterocycles. The van der Waals surface area contributed by atoms with Crippen LogP contribution >= 0.6 is 0 Å². The highest BCUT2D eigenvalue weighted by Crippen LogP contribution is 2.24. The third-order valence-electron chi connectivity index (χ3n) is 3.99. The summed E-state index contributed by atoms with van der Waals surface area (Å²) in [6, 6.07) is 9.68. The van der Waals surface area contributed by atoms with E-state index in [1.165, 1.54) is 0 Å². The predicted molar refractivity (Wildman–Crippen MR) is 83.1 cm³/mol. The Morgan fingerprint density at radius 2 is 1.80 bits per heavy atom. The van der Waals surface area contributed by atoms with Gasteiger partial charge in [-0.15, -0.1) is 0 Å². The van der Waals surface area contributed by atoms with Crippen molar-refractivity contribution in [2.24, 2.45) is 0 Å². The van der Waals surface area contributed by atoms with Crippen molar-refractivity contribution in [1.29, 1.82) is 0 Å². The second-order valence-corrected chi connectivity index (χ2v) is 5.44. The predicted octanol–water partition coefficient (Wildman–Crippen LogP) is 3.54. The topological polar surface area (TPSA) is 33.2 Å². The fraction of sp³-hybridized carbons (Fsp3) is 0.412. The highest BCUT2D eigenvalue weighted by molar-refractivity contribution is 6.10. The smallest absolute Gasteiger partial charge is 0.184 e. The Kier molecular flexibility index (Phi) is 4.19. The molecule has 2 aromatic rings. The number of rotatable bonds is 5. The highest BCUT2D eigenvalue weighted by atomic mass is 16.1. The summed E-state index contributed by atoms with van der Waals surface area (Å²) in [4.78, 5) is 19.5. The van der Waals surface area contributed by atoms with E-state index in [1.807, 2.05) is 44.2 Å². The molecule has 0 radical (unpaired) electrons. The monoisotopic (exact) mass is 270 g/mol. The Bertz CT molecular complexity index is 610. The molecule has 1 aromatic carbocycles. The van der Waals surface area contributed by atoms with E-state index in [2.05, 4.69) is 23.7 Å². The number of ketones is 1. The molecule has 2 rings (SSSR count). The lowest BCUT2D eigenvalue weighted by Crippen LogP contribution is -2.50. The maximum atomic E-state index is 13.0. The van der Waals surface area contributed by atoms with Crippen molar-refractivity contribution in [3.05, 3.63) is 42.1 Å². The second-order valence-electron chi connectivity index (χ2n) is 5.44. The molecule has 0 saturated carbocycles. The molecule has 0 atom stereocenters. The van der Waals surface area contributed by atoms with E-state index in [9.17, 15) is 4.79 Å². The number of benzene rings is 1. The zero-order valence-corrected chi connectivity index (χ0v) is 12.7. The van der Waals surface area contributed by atoms with Crippen LogP contribution in [0.15, 0.2) is 36.5 Å². The van der Waals surface area contributed by atoms with E-state index >= 15 is 0 Å². The normalized spacial score (nSPS) is 12.1. The first-order chi connectivity index (χ1) is 9.52. The summed E-state index contributed by atoms with van der Waals surface area (Å²) in [7, 11) is 0. The molecular weight excluding hydrogens is 248 g/mol. The molecule has 1 aromatic heterocycles. The van der Waals surface area contributed by atoms with Gasteiger partial charge < -0.3 is 0 Å². The third-order valence-corrected chi connectivity index (χ3v) is 3.99. The lowest BCUT2D eigenvalue weighted by molar-refractivity contribution is 0.0670. The number of para-hydroxylation sites is 1. The molecule has 0 fully saturated rings. The Morgan fingerprint density at radius 3 is 2.45 bits per heavy atom. The molecule has 0 aliphatic rings. The number of Topliss-reactive ketones (excluding diaryl/α,β-unsaturated/α-hetero) is 1.